The standard InChI is InChI=1S/C26H35N5O3/c1-19(2)27-26(34)30-16-14-29(15-17-30)23-12-10-22(11-13-23)28-24(32)18-31(20(3)4)25(33)21-8-6-5-7-9-21/h5-13,19-20H,14-18H2,1-4H3,(H,27,34)(H,28,32). The number of amides is 4. The number of rotatable bonds is 7. The third kappa shape index (κ3) is 6.73. The summed E-state index contributed by atoms with van der Waals surface area (Å²) in [6, 6.07) is 16.7. The predicted molar refractivity (Wildman–Crippen MR) is 135 cm³/mol. The van der Waals surface area contributed by atoms with Gasteiger partial charge in [-0.2, -0.15) is 0 Å². The van der Waals surface area contributed by atoms with Crippen LogP contribution in [0.4, 0.5) is 16.2 Å². The van der Waals surface area contributed by atoms with E-state index in [0.717, 1.165) is 18.8 Å². The van der Waals surface area contributed by atoms with Crippen LogP contribution in [0, 0.1) is 0 Å². The molecule has 0 aromatic heterocycles. The molecule has 8 heteroatoms. The summed E-state index contributed by atoms with van der Waals surface area (Å²) in [6.45, 7) is 10.5. The molecule has 8 nitrogen and oxygen atoms in total. The van der Waals surface area contributed by atoms with E-state index in [9.17, 15) is 14.4 Å². The summed E-state index contributed by atoms with van der Waals surface area (Å²) in [6.07, 6.45) is 0. The maximum atomic E-state index is 12.8. The smallest absolute Gasteiger partial charge is 0.317 e. The van der Waals surface area contributed by atoms with Crippen LogP contribution in [0.3, 0.4) is 0 Å². The maximum absolute atomic E-state index is 12.8. The largest absolute Gasteiger partial charge is 0.368 e. The molecule has 1 heterocycles. The fourth-order valence-corrected chi connectivity index (χ4v) is 3.85. The molecule has 0 radical (unpaired) electrons. The number of nitrogens with one attached hydrogen (secondary N) is 2. The van der Waals surface area contributed by atoms with Gasteiger partial charge in [0.1, 0.15) is 6.54 Å². The Morgan fingerprint density at radius 3 is 2.06 bits per heavy atom. The summed E-state index contributed by atoms with van der Waals surface area (Å²) in [4.78, 5) is 43.3. The molecule has 1 aliphatic heterocycles. The molecular weight excluding hydrogens is 430 g/mol. The zero-order valence-corrected chi connectivity index (χ0v) is 20.5. The van der Waals surface area contributed by atoms with Crippen molar-refractivity contribution in [2.45, 2.75) is 39.8 Å². The van der Waals surface area contributed by atoms with Crippen LogP contribution in [0.15, 0.2) is 54.6 Å². The van der Waals surface area contributed by atoms with Crippen molar-refractivity contribution < 1.29 is 14.4 Å². The Morgan fingerprint density at radius 1 is 0.882 bits per heavy atom. The van der Waals surface area contributed by atoms with Crippen molar-refractivity contribution in [3.8, 4) is 0 Å². The first-order valence-corrected chi connectivity index (χ1v) is 11.8. The highest BCUT2D eigenvalue weighted by Gasteiger charge is 2.23. The molecule has 2 N–H and O–H groups in total. The number of anilines is 2. The van der Waals surface area contributed by atoms with Gasteiger partial charge < -0.3 is 25.3 Å². The van der Waals surface area contributed by atoms with Crippen LogP contribution in [0.1, 0.15) is 38.1 Å². The van der Waals surface area contributed by atoms with E-state index in [1.54, 1.807) is 17.0 Å². The van der Waals surface area contributed by atoms with Gasteiger partial charge in [0.15, 0.2) is 0 Å². The zero-order valence-electron chi connectivity index (χ0n) is 20.5. The van der Waals surface area contributed by atoms with Crippen molar-refractivity contribution in [2.75, 3.05) is 42.9 Å². The minimum Gasteiger partial charge on any atom is -0.368 e. The molecule has 0 aliphatic carbocycles. The molecule has 3 rings (SSSR count). The van der Waals surface area contributed by atoms with Crippen LogP contribution in [0.25, 0.3) is 0 Å². The third-order valence-corrected chi connectivity index (χ3v) is 5.71. The minimum atomic E-state index is -0.240. The van der Waals surface area contributed by atoms with Crippen molar-refractivity contribution in [3.05, 3.63) is 60.2 Å². The molecule has 2 aromatic rings. The number of carbonyl (C=O) groups excluding carboxylic acids is 3. The van der Waals surface area contributed by atoms with E-state index < -0.39 is 0 Å². The number of nitrogens with zero attached hydrogens (tertiary/aromatic N) is 3. The molecule has 1 aliphatic rings. The first-order valence-electron chi connectivity index (χ1n) is 11.8. The third-order valence-electron chi connectivity index (χ3n) is 5.71. The Hall–Kier alpha value is -3.55. The Morgan fingerprint density at radius 2 is 1.50 bits per heavy atom. The minimum absolute atomic E-state index is 0.0195. The molecule has 1 saturated heterocycles. The summed E-state index contributed by atoms with van der Waals surface area (Å²) in [5, 5.41) is 5.82. The second-order valence-corrected chi connectivity index (χ2v) is 9.07. The molecule has 1 fully saturated rings. The van der Waals surface area contributed by atoms with E-state index in [0.29, 0.717) is 24.3 Å². The monoisotopic (exact) mass is 465 g/mol. The average molecular weight is 466 g/mol. The summed E-state index contributed by atoms with van der Waals surface area (Å²) in [7, 11) is 0. The summed E-state index contributed by atoms with van der Waals surface area (Å²) >= 11 is 0. The molecule has 182 valence electrons. The van der Waals surface area contributed by atoms with E-state index in [1.165, 1.54) is 0 Å². The van der Waals surface area contributed by atoms with E-state index in [2.05, 4.69) is 15.5 Å². The molecular formula is C26H35N5O3. The fraction of sp³-hybridized carbons (Fsp3) is 0.423. The van der Waals surface area contributed by atoms with E-state index >= 15 is 0 Å². The van der Waals surface area contributed by atoms with Gasteiger partial charge in [-0.1, -0.05) is 18.2 Å². The van der Waals surface area contributed by atoms with Crippen molar-refractivity contribution in [2.24, 2.45) is 0 Å². The van der Waals surface area contributed by atoms with Crippen LogP contribution < -0.4 is 15.5 Å². The molecule has 0 saturated carbocycles. The summed E-state index contributed by atoms with van der Waals surface area (Å²) in [5.74, 6) is -0.405. The van der Waals surface area contributed by atoms with Crippen LogP contribution in [-0.4, -0.2) is 72.5 Å². The zero-order chi connectivity index (χ0) is 24.7. The Labute approximate surface area is 201 Å². The number of benzene rings is 2. The number of piperazine rings is 1. The number of carbonyl (C=O) groups is 3. The SMILES string of the molecule is CC(C)NC(=O)N1CCN(c2ccc(NC(=O)CN(C(=O)c3ccccc3)C(C)C)cc2)CC1. The van der Waals surface area contributed by atoms with E-state index in [1.807, 2.05) is 75.1 Å². The topological polar surface area (TPSA) is 85.0 Å². The molecule has 34 heavy (non-hydrogen) atoms. The predicted octanol–water partition coefficient (Wildman–Crippen LogP) is 3.42. The molecule has 0 atom stereocenters. The average Bonchev–Trinajstić information content (AvgIpc) is 2.82. The van der Waals surface area contributed by atoms with Gasteiger partial charge in [-0.05, 0) is 64.1 Å². The quantitative estimate of drug-likeness (QED) is 0.656. The summed E-state index contributed by atoms with van der Waals surface area (Å²) < 4.78 is 0. The number of urea groups is 1. The lowest BCUT2D eigenvalue weighted by atomic mass is 10.1. The Bertz CT molecular complexity index is 968. The summed E-state index contributed by atoms with van der Waals surface area (Å²) in [5.41, 5.74) is 2.29. The van der Waals surface area contributed by atoms with Gasteiger partial charge in [0.25, 0.3) is 5.91 Å². The van der Waals surface area contributed by atoms with Crippen molar-refractivity contribution in [1.29, 1.82) is 0 Å². The van der Waals surface area contributed by atoms with Crippen LogP contribution >= 0.6 is 0 Å². The molecule has 0 spiro atoms. The van der Waals surface area contributed by atoms with Crippen molar-refractivity contribution >= 4 is 29.2 Å². The lowest BCUT2D eigenvalue weighted by Crippen LogP contribution is -2.52. The van der Waals surface area contributed by atoms with E-state index in [4.69, 9.17) is 0 Å². The van der Waals surface area contributed by atoms with Gasteiger partial charge in [0.2, 0.25) is 5.91 Å². The first-order chi connectivity index (χ1) is 16.2. The lowest BCUT2D eigenvalue weighted by Gasteiger charge is -2.36. The van der Waals surface area contributed by atoms with Crippen molar-refractivity contribution in [1.82, 2.24) is 15.1 Å². The van der Waals surface area contributed by atoms with Gasteiger partial charge in [0, 0.05) is 55.2 Å². The Balaban J connectivity index is 1.53. The highest BCUT2D eigenvalue weighted by atomic mass is 16.2. The van der Waals surface area contributed by atoms with Crippen molar-refractivity contribution in [3.63, 3.8) is 0 Å². The second kappa shape index (κ2) is 11.5. The molecule has 2 aromatic carbocycles. The highest BCUT2D eigenvalue weighted by Crippen LogP contribution is 2.20. The lowest BCUT2D eigenvalue weighted by molar-refractivity contribution is -0.117. The first kappa shape index (κ1) is 25.1. The van der Waals surface area contributed by atoms with Crippen LogP contribution in [0.5, 0.6) is 0 Å². The molecule has 0 unspecified atom stereocenters. The van der Waals surface area contributed by atoms with Crippen LogP contribution in [0.2, 0.25) is 0 Å². The maximum Gasteiger partial charge on any atom is 0.317 e. The van der Waals surface area contributed by atoms with Gasteiger partial charge in [0.05, 0.1) is 0 Å². The number of hydrogen-bond acceptors (Lipinski definition) is 4. The van der Waals surface area contributed by atoms with Gasteiger partial charge in [-0.15, -0.1) is 0 Å². The number of hydrogen-bond donors (Lipinski definition) is 2. The van der Waals surface area contributed by atoms with E-state index in [-0.39, 0.29) is 36.5 Å². The van der Waals surface area contributed by atoms with Gasteiger partial charge in [-0.25, -0.2) is 4.79 Å². The Kier molecular flexibility index (Phi) is 8.51. The second-order valence-electron chi connectivity index (χ2n) is 9.07. The van der Waals surface area contributed by atoms with Crippen LogP contribution in [-0.2, 0) is 4.79 Å². The molecule has 4 amide bonds. The normalized spacial score (nSPS) is 13.7. The fourth-order valence-electron chi connectivity index (χ4n) is 3.85. The van der Waals surface area contributed by atoms with Gasteiger partial charge >= 0.3 is 6.03 Å². The highest BCUT2D eigenvalue weighted by molar-refractivity contribution is 5.99. The molecule has 0 bridgehead atoms. The van der Waals surface area contributed by atoms with Gasteiger partial charge in [-0.3, -0.25) is 9.59 Å².